The molecule has 80 valence electrons. The number of rotatable bonds is 4. The lowest BCUT2D eigenvalue weighted by atomic mass is 10.3. The van der Waals surface area contributed by atoms with Gasteiger partial charge < -0.3 is 5.11 Å². The highest BCUT2D eigenvalue weighted by atomic mass is 35.5. The van der Waals surface area contributed by atoms with Crippen molar-refractivity contribution < 1.29 is 9.90 Å². The highest BCUT2D eigenvalue weighted by molar-refractivity contribution is 6.29. The highest BCUT2D eigenvalue weighted by Crippen LogP contribution is 2.05. The fraction of sp³-hybridized carbons (Fsp3) is 0.250. The topological polar surface area (TPSA) is 87.5 Å². The number of aliphatic carboxylic acids is 1. The van der Waals surface area contributed by atoms with E-state index < -0.39 is 5.97 Å². The quantitative estimate of drug-likeness (QED) is 0.601. The summed E-state index contributed by atoms with van der Waals surface area (Å²) in [6.07, 6.45) is -0.117. The molecule has 0 aliphatic heterocycles. The maximum atomic E-state index is 10.3. The summed E-state index contributed by atoms with van der Waals surface area (Å²) >= 11 is 5.53. The van der Waals surface area contributed by atoms with Gasteiger partial charge in [0.1, 0.15) is 0 Å². The molecule has 7 heteroatoms. The van der Waals surface area contributed by atoms with Crippen LogP contribution in [0.25, 0.3) is 0 Å². The van der Waals surface area contributed by atoms with E-state index in [1.165, 1.54) is 0 Å². The van der Waals surface area contributed by atoms with Gasteiger partial charge in [-0.1, -0.05) is 11.6 Å². The highest BCUT2D eigenvalue weighted by Gasteiger charge is 2.00. The van der Waals surface area contributed by atoms with Crippen LogP contribution in [0, 0.1) is 0 Å². The summed E-state index contributed by atoms with van der Waals surface area (Å²) < 4.78 is 0. The van der Waals surface area contributed by atoms with Gasteiger partial charge in [0, 0.05) is 5.71 Å². The van der Waals surface area contributed by atoms with Gasteiger partial charge in [-0.25, -0.2) is 0 Å². The molecule has 1 aromatic rings. The lowest BCUT2D eigenvalue weighted by Gasteiger charge is -1.99. The van der Waals surface area contributed by atoms with Crippen molar-refractivity contribution in [2.24, 2.45) is 5.10 Å². The number of hydrogen-bond donors (Lipinski definition) is 2. The van der Waals surface area contributed by atoms with E-state index in [0.29, 0.717) is 11.5 Å². The number of hydrogen-bond acceptors (Lipinski definition) is 5. The number of anilines is 1. The van der Waals surface area contributed by atoms with Gasteiger partial charge in [-0.05, 0) is 19.1 Å². The molecule has 0 atom stereocenters. The SMILES string of the molecule is C/C(CC(=O)O)=N/Nc1ccc(Cl)nn1. The molecule has 0 radical (unpaired) electrons. The van der Waals surface area contributed by atoms with Crippen LogP contribution >= 0.6 is 11.6 Å². The molecule has 1 rings (SSSR count). The van der Waals surface area contributed by atoms with Gasteiger partial charge in [0.2, 0.25) is 0 Å². The molecule has 0 spiro atoms. The number of aromatic nitrogens is 2. The molecule has 0 saturated carbocycles. The molecule has 2 N–H and O–H groups in total. The molecule has 0 fully saturated rings. The van der Waals surface area contributed by atoms with Crippen molar-refractivity contribution in [3.05, 3.63) is 17.3 Å². The maximum Gasteiger partial charge on any atom is 0.309 e. The number of halogens is 1. The van der Waals surface area contributed by atoms with E-state index in [9.17, 15) is 4.79 Å². The lowest BCUT2D eigenvalue weighted by molar-refractivity contribution is -0.135. The van der Waals surface area contributed by atoms with Crippen LogP contribution in [0.5, 0.6) is 0 Å². The summed E-state index contributed by atoms with van der Waals surface area (Å²) in [7, 11) is 0. The van der Waals surface area contributed by atoms with E-state index in [1.807, 2.05) is 0 Å². The van der Waals surface area contributed by atoms with Gasteiger partial charge in [0.25, 0.3) is 0 Å². The van der Waals surface area contributed by atoms with E-state index in [2.05, 4.69) is 20.7 Å². The second-order valence-corrected chi connectivity index (χ2v) is 3.16. The molecular formula is C8H9ClN4O2. The van der Waals surface area contributed by atoms with Crippen LogP contribution in [0.1, 0.15) is 13.3 Å². The Balaban J connectivity index is 2.55. The molecule has 1 heterocycles. The molecule has 6 nitrogen and oxygen atoms in total. The molecule has 15 heavy (non-hydrogen) atoms. The van der Waals surface area contributed by atoms with Crippen molar-refractivity contribution in [3.8, 4) is 0 Å². The fourth-order valence-electron chi connectivity index (χ4n) is 0.787. The summed E-state index contributed by atoms with van der Waals surface area (Å²) in [6, 6.07) is 3.14. The first-order valence-corrected chi connectivity index (χ1v) is 4.46. The zero-order valence-corrected chi connectivity index (χ0v) is 8.69. The van der Waals surface area contributed by atoms with Crippen LogP contribution in [-0.2, 0) is 4.79 Å². The molecule has 1 aromatic heterocycles. The zero-order chi connectivity index (χ0) is 11.3. The van der Waals surface area contributed by atoms with Gasteiger partial charge in [-0.15, -0.1) is 10.2 Å². The predicted octanol–water partition coefficient (Wildman–Crippen LogP) is 1.39. The third kappa shape index (κ3) is 4.37. The predicted molar refractivity (Wildman–Crippen MR) is 56.0 cm³/mol. The summed E-state index contributed by atoms with van der Waals surface area (Å²) in [5.41, 5.74) is 3.01. The molecule has 0 saturated heterocycles. The van der Waals surface area contributed by atoms with Crippen LogP contribution in [0.3, 0.4) is 0 Å². The molecular weight excluding hydrogens is 220 g/mol. The Kier molecular flexibility index (Phi) is 3.99. The number of carboxylic acid groups (broad SMARTS) is 1. The van der Waals surface area contributed by atoms with Gasteiger partial charge in [0.05, 0.1) is 6.42 Å². The monoisotopic (exact) mass is 228 g/mol. The average Bonchev–Trinajstić information content (AvgIpc) is 2.16. The van der Waals surface area contributed by atoms with E-state index >= 15 is 0 Å². The minimum Gasteiger partial charge on any atom is -0.481 e. The largest absolute Gasteiger partial charge is 0.481 e. The second kappa shape index (κ2) is 5.26. The van der Waals surface area contributed by atoms with Crippen LogP contribution in [0.15, 0.2) is 17.2 Å². The average molecular weight is 229 g/mol. The molecule has 0 bridgehead atoms. The third-order valence-electron chi connectivity index (χ3n) is 1.40. The van der Waals surface area contributed by atoms with Crippen LogP contribution in [-0.4, -0.2) is 27.0 Å². The van der Waals surface area contributed by atoms with Crippen molar-refractivity contribution in [2.75, 3.05) is 5.43 Å². The summed E-state index contributed by atoms with van der Waals surface area (Å²) in [6.45, 7) is 1.60. The number of carbonyl (C=O) groups is 1. The number of hydrazone groups is 1. The van der Waals surface area contributed by atoms with Crippen molar-refractivity contribution in [1.82, 2.24) is 10.2 Å². The Morgan fingerprint density at radius 3 is 2.87 bits per heavy atom. The van der Waals surface area contributed by atoms with Crippen LogP contribution in [0.2, 0.25) is 5.15 Å². The van der Waals surface area contributed by atoms with E-state index in [1.54, 1.807) is 19.1 Å². The second-order valence-electron chi connectivity index (χ2n) is 2.77. The first kappa shape index (κ1) is 11.4. The van der Waals surface area contributed by atoms with Gasteiger partial charge in [-0.3, -0.25) is 10.2 Å². The van der Waals surface area contributed by atoms with Crippen molar-refractivity contribution in [2.45, 2.75) is 13.3 Å². The summed E-state index contributed by atoms with van der Waals surface area (Å²) in [4.78, 5) is 10.3. The molecule has 0 amide bonds. The van der Waals surface area contributed by atoms with Crippen LogP contribution < -0.4 is 5.43 Å². The van der Waals surface area contributed by atoms with E-state index in [4.69, 9.17) is 16.7 Å². The van der Waals surface area contributed by atoms with Crippen molar-refractivity contribution >= 4 is 29.1 Å². The Hall–Kier alpha value is -1.69. The Morgan fingerprint density at radius 1 is 1.60 bits per heavy atom. The van der Waals surface area contributed by atoms with Gasteiger partial charge >= 0.3 is 5.97 Å². The molecule has 0 aliphatic carbocycles. The van der Waals surface area contributed by atoms with Crippen molar-refractivity contribution in [3.63, 3.8) is 0 Å². The Morgan fingerprint density at radius 2 is 2.33 bits per heavy atom. The maximum absolute atomic E-state index is 10.3. The fourth-order valence-corrected chi connectivity index (χ4v) is 0.888. The number of nitrogens with zero attached hydrogens (tertiary/aromatic N) is 3. The smallest absolute Gasteiger partial charge is 0.309 e. The number of carboxylic acids is 1. The molecule has 0 aromatic carbocycles. The number of nitrogens with one attached hydrogen (secondary N) is 1. The Labute approximate surface area is 91.0 Å². The minimum atomic E-state index is -0.930. The molecule has 0 aliphatic rings. The minimum absolute atomic E-state index is 0.117. The van der Waals surface area contributed by atoms with Gasteiger partial charge in [-0.2, -0.15) is 5.10 Å². The van der Waals surface area contributed by atoms with E-state index in [0.717, 1.165) is 0 Å². The summed E-state index contributed by atoms with van der Waals surface area (Å²) in [5.74, 6) is -0.524. The summed E-state index contributed by atoms with van der Waals surface area (Å²) in [5, 5.41) is 19.8. The standard InChI is InChI=1S/C8H9ClN4O2/c1-5(4-8(14)15)10-12-7-3-2-6(9)11-13-7/h2-3H,4H2,1H3,(H,12,13)(H,14,15)/b10-5-. The lowest BCUT2D eigenvalue weighted by Crippen LogP contribution is -2.05. The first-order chi connectivity index (χ1) is 7.08. The van der Waals surface area contributed by atoms with Crippen LogP contribution in [0.4, 0.5) is 5.82 Å². The van der Waals surface area contributed by atoms with E-state index in [-0.39, 0.29) is 11.6 Å². The first-order valence-electron chi connectivity index (χ1n) is 4.08. The normalized spacial score (nSPS) is 11.2. The van der Waals surface area contributed by atoms with Gasteiger partial charge in [0.15, 0.2) is 11.0 Å². The molecule has 0 unspecified atom stereocenters. The third-order valence-corrected chi connectivity index (χ3v) is 1.60. The zero-order valence-electron chi connectivity index (χ0n) is 7.94. The Bertz CT molecular complexity index is 377. The van der Waals surface area contributed by atoms with Crippen molar-refractivity contribution in [1.29, 1.82) is 0 Å².